The summed E-state index contributed by atoms with van der Waals surface area (Å²) in [5.41, 5.74) is 3.94. The highest BCUT2D eigenvalue weighted by Crippen LogP contribution is 2.40. The van der Waals surface area contributed by atoms with Crippen LogP contribution in [0.2, 0.25) is 0 Å². The van der Waals surface area contributed by atoms with Gasteiger partial charge in [0.1, 0.15) is 5.75 Å². The maximum atomic E-state index is 5.99. The van der Waals surface area contributed by atoms with Gasteiger partial charge in [0.2, 0.25) is 0 Å². The topological polar surface area (TPSA) is 33.7 Å². The summed E-state index contributed by atoms with van der Waals surface area (Å²) >= 11 is 0. The standard InChI is InChI=1S/C26H38N2O2/c1-26(2)18-22(15-17-30-26)25(21-8-12-24(29-5)13-9-21)14-16-27-19-20-6-10-23(11-7-20)28(3)4/h6-13,22,25,27H,14-19H2,1-5H3/t22-,25+/m1/s1. The fourth-order valence-corrected chi connectivity index (χ4v) is 4.55. The average molecular weight is 411 g/mol. The van der Waals surface area contributed by atoms with Crippen LogP contribution in [0.1, 0.15) is 50.2 Å². The summed E-state index contributed by atoms with van der Waals surface area (Å²) in [7, 11) is 5.87. The molecule has 1 fully saturated rings. The monoisotopic (exact) mass is 410 g/mol. The number of anilines is 1. The van der Waals surface area contributed by atoms with Crippen LogP contribution in [-0.2, 0) is 11.3 Å². The zero-order valence-electron chi connectivity index (χ0n) is 19.3. The molecule has 0 radical (unpaired) electrons. The summed E-state index contributed by atoms with van der Waals surface area (Å²) in [5.74, 6) is 2.09. The summed E-state index contributed by atoms with van der Waals surface area (Å²) < 4.78 is 11.4. The molecule has 0 bridgehead atoms. The van der Waals surface area contributed by atoms with Crippen LogP contribution in [0.3, 0.4) is 0 Å². The van der Waals surface area contributed by atoms with E-state index in [2.05, 4.69) is 86.7 Å². The molecule has 4 nitrogen and oxygen atoms in total. The third kappa shape index (κ3) is 6.23. The van der Waals surface area contributed by atoms with Crippen molar-refractivity contribution >= 4 is 5.69 Å². The normalized spacial score (nSPS) is 19.3. The van der Waals surface area contributed by atoms with E-state index in [1.54, 1.807) is 7.11 Å². The molecule has 0 aromatic heterocycles. The average Bonchev–Trinajstić information content (AvgIpc) is 2.73. The van der Waals surface area contributed by atoms with Gasteiger partial charge >= 0.3 is 0 Å². The first-order valence-corrected chi connectivity index (χ1v) is 11.1. The lowest BCUT2D eigenvalue weighted by Gasteiger charge is -2.39. The molecule has 1 N–H and O–H groups in total. The van der Waals surface area contributed by atoms with Crippen LogP contribution in [0.15, 0.2) is 48.5 Å². The van der Waals surface area contributed by atoms with Crippen LogP contribution < -0.4 is 15.0 Å². The van der Waals surface area contributed by atoms with Crippen molar-refractivity contribution in [2.75, 3.05) is 39.3 Å². The van der Waals surface area contributed by atoms with Gasteiger partial charge in [-0.25, -0.2) is 0 Å². The molecule has 0 spiro atoms. The maximum absolute atomic E-state index is 5.99. The molecule has 0 aliphatic carbocycles. The predicted molar refractivity (Wildman–Crippen MR) is 126 cm³/mol. The van der Waals surface area contributed by atoms with Gasteiger partial charge in [-0.05, 0) is 86.9 Å². The van der Waals surface area contributed by atoms with Crippen LogP contribution in [0.5, 0.6) is 5.75 Å². The van der Waals surface area contributed by atoms with Crippen molar-refractivity contribution in [1.82, 2.24) is 5.32 Å². The highest BCUT2D eigenvalue weighted by atomic mass is 16.5. The van der Waals surface area contributed by atoms with Gasteiger partial charge in [-0.1, -0.05) is 24.3 Å². The molecule has 2 aromatic carbocycles. The third-order valence-electron chi connectivity index (χ3n) is 6.26. The van der Waals surface area contributed by atoms with Crippen LogP contribution >= 0.6 is 0 Å². The highest BCUT2D eigenvalue weighted by Gasteiger charge is 2.33. The Labute approximate surface area is 182 Å². The Balaban J connectivity index is 1.61. The Morgan fingerprint density at radius 1 is 1.10 bits per heavy atom. The molecule has 1 heterocycles. The van der Waals surface area contributed by atoms with Gasteiger partial charge in [0.25, 0.3) is 0 Å². The van der Waals surface area contributed by atoms with E-state index < -0.39 is 0 Å². The zero-order valence-corrected chi connectivity index (χ0v) is 19.3. The molecule has 2 atom stereocenters. The highest BCUT2D eigenvalue weighted by molar-refractivity contribution is 5.45. The van der Waals surface area contributed by atoms with Gasteiger partial charge in [0.15, 0.2) is 0 Å². The SMILES string of the molecule is COc1ccc([C@H](CCNCc2ccc(N(C)C)cc2)[C@@H]2CCOC(C)(C)C2)cc1. The lowest BCUT2D eigenvalue weighted by atomic mass is 9.75. The van der Waals surface area contributed by atoms with E-state index in [1.807, 2.05) is 0 Å². The van der Waals surface area contributed by atoms with Crippen molar-refractivity contribution in [3.05, 3.63) is 59.7 Å². The predicted octanol–water partition coefficient (Wildman–Crippen LogP) is 5.23. The zero-order chi connectivity index (χ0) is 21.6. The van der Waals surface area contributed by atoms with E-state index in [0.29, 0.717) is 11.8 Å². The fraction of sp³-hybridized carbons (Fsp3) is 0.538. The van der Waals surface area contributed by atoms with Crippen molar-refractivity contribution in [3.8, 4) is 5.75 Å². The van der Waals surface area contributed by atoms with Gasteiger partial charge in [-0.3, -0.25) is 0 Å². The van der Waals surface area contributed by atoms with E-state index >= 15 is 0 Å². The Bertz CT molecular complexity index is 769. The second-order valence-corrected chi connectivity index (χ2v) is 9.27. The quantitative estimate of drug-likeness (QED) is 0.574. The summed E-state index contributed by atoms with van der Waals surface area (Å²) in [6, 6.07) is 17.5. The number of ether oxygens (including phenoxy) is 2. The van der Waals surface area contributed by atoms with Gasteiger partial charge in [0, 0.05) is 32.9 Å². The first-order valence-electron chi connectivity index (χ1n) is 11.1. The second-order valence-electron chi connectivity index (χ2n) is 9.27. The van der Waals surface area contributed by atoms with E-state index in [1.165, 1.54) is 16.8 Å². The molecular formula is C26H38N2O2. The smallest absolute Gasteiger partial charge is 0.118 e. The molecule has 30 heavy (non-hydrogen) atoms. The van der Waals surface area contributed by atoms with Crippen molar-refractivity contribution in [2.24, 2.45) is 5.92 Å². The number of methoxy groups -OCH3 is 1. The Kier molecular flexibility index (Phi) is 7.79. The van der Waals surface area contributed by atoms with E-state index in [-0.39, 0.29) is 5.60 Å². The summed E-state index contributed by atoms with van der Waals surface area (Å²) in [6.45, 7) is 7.21. The summed E-state index contributed by atoms with van der Waals surface area (Å²) in [4.78, 5) is 2.13. The maximum Gasteiger partial charge on any atom is 0.118 e. The molecular weight excluding hydrogens is 372 g/mol. The Morgan fingerprint density at radius 3 is 2.40 bits per heavy atom. The number of benzene rings is 2. The van der Waals surface area contributed by atoms with E-state index in [0.717, 1.165) is 44.7 Å². The number of nitrogens with zero attached hydrogens (tertiary/aromatic N) is 1. The van der Waals surface area contributed by atoms with Gasteiger partial charge in [-0.15, -0.1) is 0 Å². The summed E-state index contributed by atoms with van der Waals surface area (Å²) in [6.07, 6.45) is 3.37. The van der Waals surface area contributed by atoms with Crippen molar-refractivity contribution in [1.29, 1.82) is 0 Å². The molecule has 3 rings (SSSR count). The number of hydrogen-bond donors (Lipinski definition) is 1. The van der Waals surface area contributed by atoms with Crippen LogP contribution in [0.25, 0.3) is 0 Å². The first kappa shape index (κ1) is 22.6. The van der Waals surface area contributed by atoms with Crippen LogP contribution in [0.4, 0.5) is 5.69 Å². The minimum atomic E-state index is -0.0325. The minimum Gasteiger partial charge on any atom is -0.497 e. The molecule has 1 aliphatic rings. The van der Waals surface area contributed by atoms with Crippen molar-refractivity contribution < 1.29 is 9.47 Å². The molecule has 1 aliphatic heterocycles. The molecule has 4 heteroatoms. The van der Waals surface area contributed by atoms with E-state index in [9.17, 15) is 0 Å². The largest absolute Gasteiger partial charge is 0.497 e. The summed E-state index contributed by atoms with van der Waals surface area (Å²) in [5, 5.41) is 3.66. The van der Waals surface area contributed by atoms with E-state index in [4.69, 9.17) is 9.47 Å². The van der Waals surface area contributed by atoms with Crippen molar-refractivity contribution in [3.63, 3.8) is 0 Å². The molecule has 0 amide bonds. The lowest BCUT2D eigenvalue weighted by molar-refractivity contribution is -0.0771. The molecule has 0 saturated carbocycles. The Morgan fingerprint density at radius 2 is 1.80 bits per heavy atom. The van der Waals surface area contributed by atoms with Gasteiger partial charge in [-0.2, -0.15) is 0 Å². The number of hydrogen-bond acceptors (Lipinski definition) is 4. The van der Waals surface area contributed by atoms with Crippen LogP contribution in [-0.4, -0.2) is 40.0 Å². The molecule has 164 valence electrons. The molecule has 0 unspecified atom stereocenters. The first-order chi connectivity index (χ1) is 14.4. The fourth-order valence-electron chi connectivity index (χ4n) is 4.55. The lowest BCUT2D eigenvalue weighted by Crippen LogP contribution is -2.36. The third-order valence-corrected chi connectivity index (χ3v) is 6.26. The van der Waals surface area contributed by atoms with Crippen molar-refractivity contribution in [2.45, 2.75) is 51.2 Å². The van der Waals surface area contributed by atoms with Gasteiger partial charge in [0.05, 0.1) is 12.7 Å². The Hall–Kier alpha value is -2.04. The number of rotatable bonds is 9. The molecule has 1 saturated heterocycles. The second kappa shape index (κ2) is 10.3. The molecule has 2 aromatic rings. The minimum absolute atomic E-state index is 0.0325. The van der Waals surface area contributed by atoms with Gasteiger partial charge < -0.3 is 19.7 Å². The van der Waals surface area contributed by atoms with Crippen LogP contribution in [0, 0.1) is 5.92 Å². The number of nitrogens with one attached hydrogen (secondary N) is 1.